The van der Waals surface area contributed by atoms with E-state index in [0.717, 1.165) is 17.5 Å². The monoisotopic (exact) mass is 284 g/mol. The van der Waals surface area contributed by atoms with Gasteiger partial charge < -0.3 is 9.84 Å². The van der Waals surface area contributed by atoms with Gasteiger partial charge in [-0.2, -0.15) is 0 Å². The minimum atomic E-state index is -0.927. The summed E-state index contributed by atoms with van der Waals surface area (Å²) >= 11 is 6.12. The summed E-state index contributed by atoms with van der Waals surface area (Å²) in [6.07, 6.45) is 0.456. The summed E-state index contributed by atoms with van der Waals surface area (Å²) < 4.78 is 5.69. The van der Waals surface area contributed by atoms with E-state index in [2.05, 4.69) is 0 Å². The first kappa shape index (κ1) is 15.8. The van der Waals surface area contributed by atoms with Crippen LogP contribution in [0.2, 0.25) is 5.02 Å². The van der Waals surface area contributed by atoms with E-state index in [-0.39, 0.29) is 5.92 Å². The lowest BCUT2D eigenvalue weighted by Gasteiger charge is -2.20. The molecule has 1 N–H and O–H groups in total. The third-order valence-electron chi connectivity index (χ3n) is 3.01. The van der Waals surface area contributed by atoms with Crippen LogP contribution in [0.25, 0.3) is 0 Å². The quantitative estimate of drug-likeness (QED) is 0.842. The summed E-state index contributed by atoms with van der Waals surface area (Å²) in [7, 11) is 0. The third-order valence-corrected chi connectivity index (χ3v) is 3.42. The molecule has 0 bridgehead atoms. The van der Waals surface area contributed by atoms with Crippen molar-refractivity contribution in [3.05, 3.63) is 28.3 Å². The van der Waals surface area contributed by atoms with E-state index in [0.29, 0.717) is 17.2 Å². The minimum Gasteiger partial charge on any atom is -0.479 e. The van der Waals surface area contributed by atoms with Crippen molar-refractivity contribution in [2.75, 3.05) is 0 Å². The molecule has 1 unspecified atom stereocenters. The molecule has 1 rings (SSSR count). The lowest BCUT2D eigenvalue weighted by atomic mass is 10.0. The molecule has 0 aliphatic carbocycles. The lowest BCUT2D eigenvalue weighted by molar-refractivity contribution is -0.145. The fraction of sp³-hybridized carbons (Fsp3) is 0.533. The molecular weight excluding hydrogens is 264 g/mol. The zero-order valence-corrected chi connectivity index (χ0v) is 12.6. The number of carbonyl (C=O) groups is 1. The Labute approximate surface area is 119 Å². The smallest absolute Gasteiger partial charge is 0.344 e. The van der Waals surface area contributed by atoms with Crippen molar-refractivity contribution in [3.8, 4) is 5.75 Å². The van der Waals surface area contributed by atoms with Gasteiger partial charge in [0.25, 0.3) is 0 Å². The van der Waals surface area contributed by atoms with Gasteiger partial charge in [-0.1, -0.05) is 38.8 Å². The fourth-order valence-corrected chi connectivity index (χ4v) is 2.04. The van der Waals surface area contributed by atoms with Gasteiger partial charge in [0.15, 0.2) is 6.10 Å². The number of carboxylic acid groups (broad SMARTS) is 1. The van der Waals surface area contributed by atoms with Crippen LogP contribution in [0, 0.1) is 6.92 Å². The van der Waals surface area contributed by atoms with E-state index >= 15 is 0 Å². The fourth-order valence-electron chi connectivity index (χ4n) is 1.87. The van der Waals surface area contributed by atoms with E-state index in [9.17, 15) is 4.79 Å². The molecule has 0 aliphatic heterocycles. The van der Waals surface area contributed by atoms with Crippen molar-refractivity contribution in [3.63, 3.8) is 0 Å². The molecule has 0 aromatic heterocycles. The van der Waals surface area contributed by atoms with Crippen LogP contribution in [0.5, 0.6) is 5.75 Å². The minimum absolute atomic E-state index is 0.226. The van der Waals surface area contributed by atoms with Gasteiger partial charge in [0, 0.05) is 5.02 Å². The number of halogens is 1. The molecule has 0 heterocycles. The molecule has 19 heavy (non-hydrogen) atoms. The molecule has 1 aromatic carbocycles. The molecule has 3 nitrogen and oxygen atoms in total. The van der Waals surface area contributed by atoms with Crippen molar-refractivity contribution in [2.45, 2.75) is 52.6 Å². The standard InChI is InChI=1S/C15H21ClO3/c1-5-6-13(15(17)18)19-14-7-10(4)12(16)8-11(14)9(2)3/h7-9,13H,5-6H2,1-4H3,(H,17,18). The summed E-state index contributed by atoms with van der Waals surface area (Å²) in [5.41, 5.74) is 1.83. The number of hydrogen-bond donors (Lipinski definition) is 1. The van der Waals surface area contributed by atoms with Crippen molar-refractivity contribution >= 4 is 17.6 Å². The molecule has 106 valence electrons. The van der Waals surface area contributed by atoms with Crippen LogP contribution in [0.15, 0.2) is 12.1 Å². The van der Waals surface area contributed by atoms with Gasteiger partial charge in [0.05, 0.1) is 0 Å². The number of aliphatic carboxylic acids is 1. The second kappa shape index (κ2) is 6.80. The highest BCUT2D eigenvalue weighted by atomic mass is 35.5. The average molecular weight is 285 g/mol. The summed E-state index contributed by atoms with van der Waals surface area (Å²) in [6.45, 7) is 7.89. The van der Waals surface area contributed by atoms with Crippen LogP contribution in [0.4, 0.5) is 0 Å². The SMILES string of the molecule is CCCC(Oc1cc(C)c(Cl)cc1C(C)C)C(=O)O. The summed E-state index contributed by atoms with van der Waals surface area (Å²) in [5, 5.41) is 9.85. The molecule has 0 amide bonds. The first-order valence-corrected chi connectivity index (χ1v) is 6.94. The Bertz CT molecular complexity index is 455. The second-order valence-electron chi connectivity index (χ2n) is 5.03. The van der Waals surface area contributed by atoms with Gasteiger partial charge >= 0.3 is 5.97 Å². The van der Waals surface area contributed by atoms with Crippen molar-refractivity contribution in [1.29, 1.82) is 0 Å². The van der Waals surface area contributed by atoms with E-state index in [1.807, 2.05) is 39.8 Å². The molecule has 0 saturated carbocycles. The van der Waals surface area contributed by atoms with Gasteiger partial charge in [-0.3, -0.25) is 0 Å². The van der Waals surface area contributed by atoms with Crippen LogP contribution in [0.3, 0.4) is 0 Å². The molecular formula is C15H21ClO3. The van der Waals surface area contributed by atoms with Crippen LogP contribution >= 0.6 is 11.6 Å². The Morgan fingerprint density at radius 3 is 2.53 bits per heavy atom. The van der Waals surface area contributed by atoms with Crippen LogP contribution in [-0.2, 0) is 4.79 Å². The lowest BCUT2D eigenvalue weighted by Crippen LogP contribution is -2.27. The van der Waals surface area contributed by atoms with Gasteiger partial charge in [-0.15, -0.1) is 0 Å². The van der Waals surface area contributed by atoms with E-state index in [1.54, 1.807) is 0 Å². The van der Waals surface area contributed by atoms with Gasteiger partial charge in [-0.05, 0) is 42.5 Å². The van der Waals surface area contributed by atoms with Crippen LogP contribution in [-0.4, -0.2) is 17.2 Å². The number of aryl methyl sites for hydroxylation is 1. The third kappa shape index (κ3) is 4.13. The summed E-state index contributed by atoms with van der Waals surface area (Å²) in [4.78, 5) is 11.2. The second-order valence-corrected chi connectivity index (χ2v) is 5.43. The van der Waals surface area contributed by atoms with E-state index in [1.165, 1.54) is 0 Å². The number of hydrogen-bond acceptors (Lipinski definition) is 2. The van der Waals surface area contributed by atoms with Gasteiger partial charge in [0.2, 0.25) is 0 Å². The first-order chi connectivity index (χ1) is 8.86. The van der Waals surface area contributed by atoms with Crippen molar-refractivity contribution < 1.29 is 14.6 Å². The largest absolute Gasteiger partial charge is 0.479 e. The molecule has 0 saturated heterocycles. The predicted molar refractivity (Wildman–Crippen MR) is 77.2 cm³/mol. The Hall–Kier alpha value is -1.22. The first-order valence-electron chi connectivity index (χ1n) is 6.56. The Morgan fingerprint density at radius 1 is 1.42 bits per heavy atom. The van der Waals surface area contributed by atoms with E-state index in [4.69, 9.17) is 21.4 Å². The predicted octanol–water partition coefficient (Wildman–Crippen LogP) is 4.40. The van der Waals surface area contributed by atoms with Gasteiger partial charge in [-0.25, -0.2) is 4.79 Å². The highest BCUT2D eigenvalue weighted by Gasteiger charge is 2.21. The molecule has 0 radical (unpaired) electrons. The van der Waals surface area contributed by atoms with Crippen LogP contribution < -0.4 is 4.74 Å². The highest BCUT2D eigenvalue weighted by Crippen LogP contribution is 2.33. The number of benzene rings is 1. The molecule has 0 fully saturated rings. The maximum Gasteiger partial charge on any atom is 0.344 e. The Kier molecular flexibility index (Phi) is 5.67. The molecule has 1 aromatic rings. The molecule has 0 aliphatic rings. The number of carboxylic acids is 1. The maximum atomic E-state index is 11.2. The zero-order valence-electron chi connectivity index (χ0n) is 11.9. The summed E-state index contributed by atoms with van der Waals surface area (Å²) in [5.74, 6) is -0.0777. The Balaban J connectivity index is 3.10. The summed E-state index contributed by atoms with van der Waals surface area (Å²) in [6, 6.07) is 3.69. The van der Waals surface area contributed by atoms with Gasteiger partial charge in [0.1, 0.15) is 5.75 Å². The highest BCUT2D eigenvalue weighted by molar-refractivity contribution is 6.31. The Morgan fingerprint density at radius 2 is 2.05 bits per heavy atom. The van der Waals surface area contributed by atoms with Crippen LogP contribution in [0.1, 0.15) is 50.7 Å². The number of ether oxygens (including phenoxy) is 1. The molecule has 4 heteroatoms. The zero-order chi connectivity index (χ0) is 14.6. The normalized spacial score (nSPS) is 12.5. The molecule has 1 atom stereocenters. The average Bonchev–Trinajstić information content (AvgIpc) is 2.32. The maximum absolute atomic E-state index is 11.2. The van der Waals surface area contributed by atoms with Crippen molar-refractivity contribution in [2.24, 2.45) is 0 Å². The topological polar surface area (TPSA) is 46.5 Å². The molecule has 0 spiro atoms. The van der Waals surface area contributed by atoms with E-state index < -0.39 is 12.1 Å². The number of rotatable bonds is 6. The van der Waals surface area contributed by atoms with Crippen molar-refractivity contribution in [1.82, 2.24) is 0 Å².